The first-order valence-corrected chi connectivity index (χ1v) is 7.38. The van der Waals surface area contributed by atoms with Crippen LogP contribution in [-0.4, -0.2) is 40.5 Å². The number of piperidine rings is 1. The predicted octanol–water partition coefficient (Wildman–Crippen LogP) is 1.37. The number of hydrogen-bond acceptors (Lipinski definition) is 4. The summed E-state index contributed by atoms with van der Waals surface area (Å²) in [6, 6.07) is 4.03. The second-order valence-corrected chi connectivity index (χ2v) is 5.73. The highest BCUT2D eigenvalue weighted by molar-refractivity contribution is 6.38. The molecule has 0 unspecified atom stereocenters. The summed E-state index contributed by atoms with van der Waals surface area (Å²) in [5.41, 5.74) is 3.46. The highest BCUT2D eigenvalue weighted by Crippen LogP contribution is 2.24. The summed E-state index contributed by atoms with van der Waals surface area (Å²) in [5.74, 6) is 0.901. The fourth-order valence-electron chi connectivity index (χ4n) is 3.14. The zero-order chi connectivity index (χ0) is 14.4. The van der Waals surface area contributed by atoms with Crippen molar-refractivity contribution < 1.29 is 0 Å². The Morgan fingerprint density at radius 1 is 1.14 bits per heavy atom. The van der Waals surface area contributed by atoms with E-state index in [0.717, 1.165) is 41.2 Å². The molecular formula is C15H16BN5. The van der Waals surface area contributed by atoms with E-state index in [0.29, 0.717) is 5.46 Å². The molecule has 0 bridgehead atoms. The first kappa shape index (κ1) is 12.6. The molecule has 1 aliphatic rings. The van der Waals surface area contributed by atoms with E-state index in [1.807, 2.05) is 17.4 Å². The van der Waals surface area contributed by atoms with Gasteiger partial charge in [0.15, 0.2) is 5.65 Å². The second kappa shape index (κ2) is 4.72. The Hall–Kier alpha value is -2.11. The van der Waals surface area contributed by atoms with Crippen molar-refractivity contribution in [1.29, 1.82) is 0 Å². The number of rotatable bonds is 1. The molecule has 2 radical (unpaired) electrons. The molecule has 1 fully saturated rings. The van der Waals surface area contributed by atoms with Gasteiger partial charge in [0.05, 0.1) is 5.52 Å². The van der Waals surface area contributed by atoms with E-state index in [4.69, 9.17) is 12.8 Å². The Kier molecular flexibility index (Phi) is 2.84. The Bertz CT molecular complexity index is 820. The monoisotopic (exact) mass is 277 g/mol. The molecule has 4 rings (SSSR count). The maximum absolute atomic E-state index is 6.18. The zero-order valence-electron chi connectivity index (χ0n) is 12.1. The van der Waals surface area contributed by atoms with Crippen molar-refractivity contribution in [3.63, 3.8) is 0 Å². The predicted molar refractivity (Wildman–Crippen MR) is 84.5 cm³/mol. The number of fused-ring (bicyclic) bond motifs is 3. The van der Waals surface area contributed by atoms with Gasteiger partial charge in [-0.25, -0.2) is 4.98 Å². The average Bonchev–Trinajstić information content (AvgIpc) is 2.97. The second-order valence-electron chi connectivity index (χ2n) is 5.73. The van der Waals surface area contributed by atoms with Gasteiger partial charge in [0.2, 0.25) is 5.95 Å². The van der Waals surface area contributed by atoms with Gasteiger partial charge in [-0.2, -0.15) is 0 Å². The lowest BCUT2D eigenvalue weighted by molar-refractivity contribution is 0.567. The molecule has 5 nitrogen and oxygen atoms in total. The van der Waals surface area contributed by atoms with Crippen LogP contribution in [0.3, 0.4) is 0 Å². The van der Waals surface area contributed by atoms with Crippen LogP contribution >= 0.6 is 0 Å². The van der Waals surface area contributed by atoms with Crippen LogP contribution in [0, 0.1) is 6.92 Å². The molecule has 3 aromatic rings. The minimum atomic E-state index is 0.703. The minimum Gasteiger partial charge on any atom is -0.342 e. The van der Waals surface area contributed by atoms with Crippen LogP contribution < -0.4 is 10.4 Å². The molecule has 104 valence electrons. The molecule has 6 heteroatoms. The van der Waals surface area contributed by atoms with Gasteiger partial charge in [-0.05, 0) is 32.3 Å². The molecule has 0 N–H and O–H groups in total. The van der Waals surface area contributed by atoms with Gasteiger partial charge in [0.25, 0.3) is 0 Å². The standard InChI is InChI=1S/C15H16BN5/c1-10-7-11-13(12(16)8-10)18-15(20-5-3-2-4-6-20)21-9-17-19-14(11)21/h7-9H,2-6H2,1H3. The van der Waals surface area contributed by atoms with Gasteiger partial charge in [0.1, 0.15) is 14.2 Å². The summed E-state index contributed by atoms with van der Waals surface area (Å²) in [6.45, 7) is 4.08. The maximum Gasteiger partial charge on any atom is 0.213 e. The Morgan fingerprint density at radius 2 is 1.95 bits per heavy atom. The molecule has 1 saturated heterocycles. The zero-order valence-corrected chi connectivity index (χ0v) is 12.1. The van der Waals surface area contributed by atoms with Gasteiger partial charge in [-0.15, -0.1) is 10.2 Å². The number of aromatic nitrogens is 4. The van der Waals surface area contributed by atoms with Crippen LogP contribution in [0.25, 0.3) is 16.6 Å². The molecule has 0 aliphatic carbocycles. The van der Waals surface area contributed by atoms with Crippen LogP contribution in [0.4, 0.5) is 5.95 Å². The van der Waals surface area contributed by atoms with Crippen molar-refractivity contribution in [2.24, 2.45) is 0 Å². The van der Waals surface area contributed by atoms with E-state index < -0.39 is 0 Å². The lowest BCUT2D eigenvalue weighted by atomic mass is 9.91. The Balaban J connectivity index is 2.03. The number of nitrogens with zero attached hydrogens (tertiary/aromatic N) is 5. The van der Waals surface area contributed by atoms with E-state index >= 15 is 0 Å². The van der Waals surface area contributed by atoms with Crippen molar-refractivity contribution in [3.05, 3.63) is 24.0 Å². The summed E-state index contributed by atoms with van der Waals surface area (Å²) in [5, 5.41) is 9.31. The Labute approximate surface area is 124 Å². The first-order chi connectivity index (χ1) is 10.2. The summed E-state index contributed by atoms with van der Waals surface area (Å²) < 4.78 is 1.98. The smallest absolute Gasteiger partial charge is 0.213 e. The lowest BCUT2D eigenvalue weighted by Crippen LogP contribution is -2.32. The fraction of sp³-hybridized carbons (Fsp3) is 0.400. The van der Waals surface area contributed by atoms with Crippen LogP contribution in [-0.2, 0) is 0 Å². The van der Waals surface area contributed by atoms with Gasteiger partial charge < -0.3 is 4.90 Å². The van der Waals surface area contributed by atoms with Crippen LogP contribution in [0.2, 0.25) is 0 Å². The normalized spacial score (nSPS) is 16.0. The maximum atomic E-state index is 6.18. The van der Waals surface area contributed by atoms with E-state index in [1.165, 1.54) is 19.3 Å². The summed E-state index contributed by atoms with van der Waals surface area (Å²) in [6.07, 6.45) is 5.43. The molecule has 3 heterocycles. The van der Waals surface area contributed by atoms with Crippen molar-refractivity contribution in [2.45, 2.75) is 26.2 Å². The molecular weight excluding hydrogens is 261 g/mol. The van der Waals surface area contributed by atoms with Gasteiger partial charge in [-0.1, -0.05) is 17.1 Å². The fourth-order valence-corrected chi connectivity index (χ4v) is 3.14. The molecule has 0 saturated carbocycles. The van der Waals surface area contributed by atoms with Gasteiger partial charge in [0, 0.05) is 18.5 Å². The number of hydrogen-bond donors (Lipinski definition) is 0. The number of anilines is 1. The highest BCUT2D eigenvalue weighted by Gasteiger charge is 2.18. The van der Waals surface area contributed by atoms with E-state index in [2.05, 4.69) is 21.2 Å². The molecule has 0 amide bonds. The van der Waals surface area contributed by atoms with Crippen molar-refractivity contribution in [3.8, 4) is 0 Å². The van der Waals surface area contributed by atoms with E-state index in [-0.39, 0.29) is 0 Å². The highest BCUT2D eigenvalue weighted by atomic mass is 15.3. The Morgan fingerprint density at radius 3 is 2.76 bits per heavy atom. The van der Waals surface area contributed by atoms with E-state index in [9.17, 15) is 0 Å². The number of aryl methyl sites for hydroxylation is 1. The average molecular weight is 277 g/mol. The molecule has 0 spiro atoms. The van der Waals surface area contributed by atoms with Crippen molar-refractivity contribution in [1.82, 2.24) is 19.6 Å². The molecule has 1 aliphatic heterocycles. The summed E-state index contributed by atoms with van der Waals surface area (Å²) in [4.78, 5) is 7.13. The summed E-state index contributed by atoms with van der Waals surface area (Å²) in [7, 11) is 6.18. The third kappa shape index (κ3) is 1.97. The van der Waals surface area contributed by atoms with Gasteiger partial charge in [-0.3, -0.25) is 4.40 Å². The molecule has 1 aromatic carbocycles. The van der Waals surface area contributed by atoms with Crippen molar-refractivity contribution in [2.75, 3.05) is 18.0 Å². The van der Waals surface area contributed by atoms with Crippen LogP contribution in [0.15, 0.2) is 18.5 Å². The summed E-state index contributed by atoms with van der Waals surface area (Å²) >= 11 is 0. The third-order valence-electron chi connectivity index (χ3n) is 4.14. The van der Waals surface area contributed by atoms with E-state index in [1.54, 1.807) is 6.33 Å². The van der Waals surface area contributed by atoms with Gasteiger partial charge >= 0.3 is 0 Å². The largest absolute Gasteiger partial charge is 0.342 e. The third-order valence-corrected chi connectivity index (χ3v) is 4.14. The molecule has 2 aromatic heterocycles. The topological polar surface area (TPSA) is 46.3 Å². The quantitative estimate of drug-likeness (QED) is 0.630. The number of benzene rings is 1. The molecule has 21 heavy (non-hydrogen) atoms. The lowest BCUT2D eigenvalue weighted by Gasteiger charge is -2.28. The first-order valence-electron chi connectivity index (χ1n) is 7.38. The SMILES string of the molecule is [B]c1cc(C)cc2c1nc(N1CCCCC1)n1cnnc21. The van der Waals surface area contributed by atoms with Crippen LogP contribution in [0.5, 0.6) is 0 Å². The van der Waals surface area contributed by atoms with Crippen molar-refractivity contribution >= 4 is 35.8 Å². The minimum absolute atomic E-state index is 0.703. The molecule has 0 atom stereocenters. The van der Waals surface area contributed by atoms with Crippen LogP contribution in [0.1, 0.15) is 24.8 Å².